The monoisotopic (exact) mass is 192 g/mol. The lowest BCUT2D eigenvalue weighted by molar-refractivity contribution is 0.570. The summed E-state index contributed by atoms with van der Waals surface area (Å²) in [6.45, 7) is 0. The molecule has 14 heavy (non-hydrogen) atoms. The zero-order valence-corrected chi connectivity index (χ0v) is 8.33. The molecule has 3 nitrogen and oxygen atoms in total. The van der Waals surface area contributed by atoms with Crippen LogP contribution in [0.1, 0.15) is 50.1 Å². The van der Waals surface area contributed by atoms with Gasteiger partial charge in [-0.3, -0.25) is 9.78 Å². The molecule has 1 aromatic rings. The first-order chi connectivity index (χ1) is 6.88. The molecule has 1 aromatic heterocycles. The van der Waals surface area contributed by atoms with E-state index in [2.05, 4.69) is 9.97 Å². The molecule has 0 unspecified atom stereocenters. The summed E-state index contributed by atoms with van der Waals surface area (Å²) in [5.41, 5.74) is 0.744. The molecule has 0 bridgehead atoms. The van der Waals surface area contributed by atoms with Crippen LogP contribution in [0.15, 0.2) is 17.2 Å². The lowest BCUT2D eigenvalue weighted by Crippen LogP contribution is -2.17. The van der Waals surface area contributed by atoms with Crippen molar-refractivity contribution in [3.05, 3.63) is 28.4 Å². The standard InChI is InChI=1S/C11H16N2O/c14-11-10(12-7-8-13-11)9-5-3-1-2-4-6-9/h7-9H,1-6H2,(H,13,14). The van der Waals surface area contributed by atoms with Crippen LogP contribution in [0.2, 0.25) is 0 Å². The van der Waals surface area contributed by atoms with Crippen molar-refractivity contribution in [1.29, 1.82) is 0 Å². The number of aromatic amines is 1. The lowest BCUT2D eigenvalue weighted by Gasteiger charge is -2.11. The van der Waals surface area contributed by atoms with Crippen molar-refractivity contribution < 1.29 is 0 Å². The molecule has 1 heterocycles. The molecule has 0 aliphatic heterocycles. The molecule has 0 spiro atoms. The van der Waals surface area contributed by atoms with Crippen molar-refractivity contribution in [2.75, 3.05) is 0 Å². The van der Waals surface area contributed by atoms with Crippen molar-refractivity contribution in [1.82, 2.24) is 9.97 Å². The van der Waals surface area contributed by atoms with Crippen molar-refractivity contribution in [3.63, 3.8) is 0 Å². The maximum Gasteiger partial charge on any atom is 0.269 e. The Balaban J connectivity index is 2.20. The zero-order chi connectivity index (χ0) is 9.80. The van der Waals surface area contributed by atoms with E-state index in [0.717, 1.165) is 18.5 Å². The summed E-state index contributed by atoms with van der Waals surface area (Å²) < 4.78 is 0. The van der Waals surface area contributed by atoms with Gasteiger partial charge in [0.05, 0.1) is 0 Å². The van der Waals surface area contributed by atoms with E-state index in [9.17, 15) is 4.79 Å². The topological polar surface area (TPSA) is 45.8 Å². The molecular weight excluding hydrogens is 176 g/mol. The number of nitrogens with one attached hydrogen (secondary N) is 1. The third-order valence-electron chi connectivity index (χ3n) is 2.98. The van der Waals surface area contributed by atoms with Crippen molar-refractivity contribution in [2.45, 2.75) is 44.4 Å². The van der Waals surface area contributed by atoms with Crippen LogP contribution in [0, 0.1) is 0 Å². The predicted molar refractivity (Wildman–Crippen MR) is 55.3 cm³/mol. The first-order valence-electron chi connectivity index (χ1n) is 5.41. The van der Waals surface area contributed by atoms with Gasteiger partial charge in [-0.1, -0.05) is 25.7 Å². The van der Waals surface area contributed by atoms with Gasteiger partial charge in [-0.05, 0) is 12.8 Å². The van der Waals surface area contributed by atoms with Crippen LogP contribution in [0.5, 0.6) is 0 Å². The molecule has 0 atom stereocenters. The first-order valence-corrected chi connectivity index (χ1v) is 5.41. The van der Waals surface area contributed by atoms with Crippen molar-refractivity contribution in [3.8, 4) is 0 Å². The summed E-state index contributed by atoms with van der Waals surface area (Å²) in [7, 11) is 0. The highest BCUT2D eigenvalue weighted by Crippen LogP contribution is 2.28. The van der Waals surface area contributed by atoms with Gasteiger partial charge in [0.25, 0.3) is 5.56 Å². The third-order valence-corrected chi connectivity index (χ3v) is 2.98. The Morgan fingerprint density at radius 3 is 2.57 bits per heavy atom. The summed E-state index contributed by atoms with van der Waals surface area (Å²) >= 11 is 0. The Labute approximate surface area is 83.6 Å². The summed E-state index contributed by atoms with van der Waals surface area (Å²) in [5, 5.41) is 0. The number of rotatable bonds is 1. The highest BCUT2D eigenvalue weighted by molar-refractivity contribution is 5.04. The van der Waals surface area contributed by atoms with Crippen LogP contribution in [0.25, 0.3) is 0 Å². The van der Waals surface area contributed by atoms with E-state index in [1.165, 1.54) is 25.7 Å². The van der Waals surface area contributed by atoms with Gasteiger partial charge < -0.3 is 4.98 Å². The fourth-order valence-electron chi connectivity index (χ4n) is 2.21. The van der Waals surface area contributed by atoms with E-state index >= 15 is 0 Å². The quantitative estimate of drug-likeness (QED) is 0.693. The summed E-state index contributed by atoms with van der Waals surface area (Å²) in [5.74, 6) is 0.391. The van der Waals surface area contributed by atoms with Gasteiger partial charge >= 0.3 is 0 Å². The number of aromatic nitrogens is 2. The summed E-state index contributed by atoms with van der Waals surface area (Å²) in [4.78, 5) is 18.4. The van der Waals surface area contributed by atoms with Gasteiger partial charge in [0.15, 0.2) is 0 Å². The molecule has 1 N–H and O–H groups in total. The number of nitrogens with zero attached hydrogens (tertiary/aromatic N) is 1. The van der Waals surface area contributed by atoms with Crippen LogP contribution in [0.4, 0.5) is 0 Å². The van der Waals surface area contributed by atoms with Crippen LogP contribution < -0.4 is 5.56 Å². The van der Waals surface area contributed by atoms with Gasteiger partial charge in [-0.15, -0.1) is 0 Å². The van der Waals surface area contributed by atoms with Crippen molar-refractivity contribution >= 4 is 0 Å². The Kier molecular flexibility index (Phi) is 2.96. The molecular formula is C11H16N2O. The molecule has 3 heteroatoms. The Morgan fingerprint density at radius 2 is 1.93 bits per heavy atom. The maximum absolute atomic E-state index is 11.5. The first kappa shape index (κ1) is 9.44. The van der Waals surface area contributed by atoms with Crippen LogP contribution in [-0.4, -0.2) is 9.97 Å². The Bertz CT molecular complexity index is 337. The van der Waals surface area contributed by atoms with E-state index in [-0.39, 0.29) is 5.56 Å². The van der Waals surface area contributed by atoms with E-state index in [0.29, 0.717) is 5.92 Å². The minimum absolute atomic E-state index is 0.000556. The largest absolute Gasteiger partial charge is 0.326 e. The van der Waals surface area contributed by atoms with E-state index in [1.54, 1.807) is 12.4 Å². The number of hydrogen-bond donors (Lipinski definition) is 1. The molecule has 1 saturated carbocycles. The third kappa shape index (κ3) is 2.03. The molecule has 76 valence electrons. The summed E-state index contributed by atoms with van der Waals surface area (Å²) in [6.07, 6.45) is 10.6. The molecule has 0 radical (unpaired) electrons. The highest BCUT2D eigenvalue weighted by Gasteiger charge is 2.17. The lowest BCUT2D eigenvalue weighted by atomic mass is 9.97. The minimum Gasteiger partial charge on any atom is -0.326 e. The van der Waals surface area contributed by atoms with Gasteiger partial charge in [-0.2, -0.15) is 0 Å². The van der Waals surface area contributed by atoms with Gasteiger partial charge in [0, 0.05) is 18.3 Å². The second-order valence-electron chi connectivity index (χ2n) is 3.99. The fraction of sp³-hybridized carbons (Fsp3) is 0.636. The van der Waals surface area contributed by atoms with Crippen LogP contribution >= 0.6 is 0 Å². The molecule has 1 aliphatic carbocycles. The van der Waals surface area contributed by atoms with E-state index in [1.807, 2.05) is 0 Å². The van der Waals surface area contributed by atoms with Gasteiger partial charge in [-0.25, -0.2) is 0 Å². The SMILES string of the molecule is O=c1[nH]ccnc1C1CCCCCC1. The normalized spacial score (nSPS) is 19.1. The van der Waals surface area contributed by atoms with Crippen LogP contribution in [0.3, 0.4) is 0 Å². The molecule has 1 fully saturated rings. The Morgan fingerprint density at radius 1 is 1.21 bits per heavy atom. The maximum atomic E-state index is 11.5. The van der Waals surface area contributed by atoms with Gasteiger partial charge in [0.1, 0.15) is 5.69 Å². The molecule has 0 amide bonds. The van der Waals surface area contributed by atoms with Crippen molar-refractivity contribution in [2.24, 2.45) is 0 Å². The average molecular weight is 192 g/mol. The second-order valence-corrected chi connectivity index (χ2v) is 3.99. The molecule has 0 aromatic carbocycles. The predicted octanol–water partition coefficient (Wildman–Crippen LogP) is 2.21. The summed E-state index contributed by atoms with van der Waals surface area (Å²) in [6, 6.07) is 0. The van der Waals surface area contributed by atoms with E-state index in [4.69, 9.17) is 0 Å². The average Bonchev–Trinajstić information content (AvgIpc) is 2.47. The number of H-pyrrole nitrogens is 1. The Hall–Kier alpha value is -1.12. The smallest absolute Gasteiger partial charge is 0.269 e. The van der Waals surface area contributed by atoms with Gasteiger partial charge in [0.2, 0.25) is 0 Å². The molecule has 1 aliphatic rings. The highest BCUT2D eigenvalue weighted by atomic mass is 16.1. The van der Waals surface area contributed by atoms with Crippen LogP contribution in [-0.2, 0) is 0 Å². The molecule has 0 saturated heterocycles. The number of hydrogen-bond acceptors (Lipinski definition) is 2. The molecule has 2 rings (SSSR count). The fourth-order valence-corrected chi connectivity index (χ4v) is 2.21. The zero-order valence-electron chi connectivity index (χ0n) is 8.33. The second kappa shape index (κ2) is 4.40. The van der Waals surface area contributed by atoms with E-state index < -0.39 is 0 Å². The minimum atomic E-state index is -0.000556.